The molecule has 36 heavy (non-hydrogen) atoms. The molecule has 0 spiro atoms. The number of amides is 3. The van der Waals surface area contributed by atoms with Crippen LogP contribution in [0.15, 0.2) is 54.1 Å². The fraction of sp³-hybridized carbons (Fsp3) is 0.360. The van der Waals surface area contributed by atoms with Gasteiger partial charge in [0, 0.05) is 51.8 Å². The molecule has 11 nitrogen and oxygen atoms in total. The van der Waals surface area contributed by atoms with E-state index in [1.54, 1.807) is 56.3 Å². The summed E-state index contributed by atoms with van der Waals surface area (Å²) in [4.78, 5) is 41.1. The summed E-state index contributed by atoms with van der Waals surface area (Å²) in [6, 6.07) is 4.91. The van der Waals surface area contributed by atoms with Crippen molar-refractivity contribution < 1.29 is 39.3 Å². The number of carbonyl (C=O) groups excluding carboxylic acids is 3. The van der Waals surface area contributed by atoms with Crippen LogP contribution in [0.1, 0.15) is 30.1 Å². The highest BCUT2D eigenvalue weighted by Crippen LogP contribution is 2.37. The van der Waals surface area contributed by atoms with E-state index in [4.69, 9.17) is 25.4 Å². The molecule has 2 aliphatic heterocycles. The van der Waals surface area contributed by atoms with E-state index in [0.29, 0.717) is 41.5 Å². The van der Waals surface area contributed by atoms with Crippen molar-refractivity contribution in [1.82, 2.24) is 9.80 Å². The summed E-state index contributed by atoms with van der Waals surface area (Å²) in [5.41, 5.74) is 4.77. The largest absolute Gasteiger partial charge is 0.485 e. The second kappa shape index (κ2) is 9.86. The Bertz CT molecular complexity index is 1210. The molecule has 1 aliphatic carbocycles. The van der Waals surface area contributed by atoms with Crippen LogP contribution in [-0.4, -0.2) is 66.8 Å². The molecule has 0 aromatic heterocycles. The maximum absolute atomic E-state index is 13.2. The number of amidine groups is 1. The highest BCUT2D eigenvalue weighted by atomic mass is 16.5. The van der Waals surface area contributed by atoms with Crippen molar-refractivity contribution in [2.24, 2.45) is 11.1 Å². The van der Waals surface area contributed by atoms with E-state index in [1.165, 1.54) is 22.5 Å². The van der Waals surface area contributed by atoms with Gasteiger partial charge in [-0.3, -0.25) is 9.59 Å². The number of primary amides is 1. The van der Waals surface area contributed by atoms with Crippen LogP contribution in [-0.2, 0) is 14.3 Å². The molecule has 1 aromatic carbocycles. The minimum Gasteiger partial charge on any atom is -0.485 e. The second-order valence-electron chi connectivity index (χ2n) is 9.31. The Morgan fingerprint density at radius 1 is 1.31 bits per heavy atom. The van der Waals surface area contributed by atoms with Crippen molar-refractivity contribution in [2.45, 2.75) is 25.9 Å². The predicted molar refractivity (Wildman–Crippen MR) is 128 cm³/mol. The molecule has 3 aliphatic rings. The summed E-state index contributed by atoms with van der Waals surface area (Å²) in [6.45, 7) is 2.48. The first-order valence-electron chi connectivity index (χ1n) is 11.5. The summed E-state index contributed by atoms with van der Waals surface area (Å²) < 4.78 is 17.8. The normalized spacial score (nSPS) is 23.7. The Morgan fingerprint density at radius 2 is 2.08 bits per heavy atom. The number of fused-ring (bicyclic) bond motifs is 1. The number of ether oxygens (including phenoxy) is 3. The quantitative estimate of drug-likeness (QED) is 0.324. The summed E-state index contributed by atoms with van der Waals surface area (Å²) in [6.07, 6.45) is 6.20. The third-order valence-electron chi connectivity index (χ3n) is 6.31. The predicted octanol–water partition coefficient (Wildman–Crippen LogP) is -1.37. The molecule has 3 amide bonds. The third-order valence-corrected chi connectivity index (χ3v) is 6.31. The summed E-state index contributed by atoms with van der Waals surface area (Å²) in [7, 11) is 3.38. The van der Waals surface area contributed by atoms with E-state index < -0.39 is 11.5 Å². The number of nitrogens with two attached hydrogens (primary N) is 3. The Labute approximate surface area is 208 Å². The number of rotatable bonds is 6. The molecule has 0 bridgehead atoms. The minimum atomic E-state index is -1.05. The zero-order valence-corrected chi connectivity index (χ0v) is 20.5. The second-order valence-corrected chi connectivity index (χ2v) is 9.31. The van der Waals surface area contributed by atoms with Gasteiger partial charge in [-0.25, -0.2) is 10.2 Å². The molecular formula is C25H31N5O6+2. The van der Waals surface area contributed by atoms with Gasteiger partial charge in [0.15, 0.2) is 12.8 Å². The first-order valence-corrected chi connectivity index (χ1v) is 11.5. The molecule has 4 rings (SSSR count). The number of likely N-dealkylation sites (N-methyl/N-ethyl adjacent to an activating group) is 1. The number of allylic oxidation sites excluding steroid dienone is 2. The average molecular weight is 498 g/mol. The lowest BCUT2D eigenvalue weighted by Crippen LogP contribution is -2.98. The fourth-order valence-corrected chi connectivity index (χ4v) is 4.26. The summed E-state index contributed by atoms with van der Waals surface area (Å²) >= 11 is 0. The van der Waals surface area contributed by atoms with Gasteiger partial charge in [-0.2, -0.15) is 5.32 Å². The van der Waals surface area contributed by atoms with Gasteiger partial charge in [-0.05, 0) is 25.1 Å². The lowest BCUT2D eigenvalue weighted by molar-refractivity contribution is -0.488. The van der Waals surface area contributed by atoms with Crippen molar-refractivity contribution in [3.05, 3.63) is 59.7 Å². The fourth-order valence-electron chi connectivity index (χ4n) is 4.26. The van der Waals surface area contributed by atoms with Crippen LogP contribution in [0, 0.1) is 5.41 Å². The minimum absolute atomic E-state index is 0.111. The van der Waals surface area contributed by atoms with E-state index in [0.717, 1.165) is 0 Å². The highest BCUT2D eigenvalue weighted by molar-refractivity contribution is 5.97. The lowest BCUT2D eigenvalue weighted by atomic mass is 9.81. The molecule has 1 aromatic rings. The van der Waals surface area contributed by atoms with Crippen molar-refractivity contribution in [3.8, 4) is 11.5 Å². The van der Waals surface area contributed by atoms with E-state index in [9.17, 15) is 14.4 Å². The Kier molecular flexibility index (Phi) is 6.84. The van der Waals surface area contributed by atoms with Gasteiger partial charge in [0.1, 0.15) is 28.4 Å². The van der Waals surface area contributed by atoms with E-state index in [-0.39, 0.29) is 36.7 Å². The van der Waals surface area contributed by atoms with Crippen molar-refractivity contribution in [2.75, 3.05) is 27.4 Å². The van der Waals surface area contributed by atoms with Gasteiger partial charge in [-0.1, -0.05) is 0 Å². The van der Waals surface area contributed by atoms with Gasteiger partial charge in [-0.15, -0.1) is 0 Å². The maximum Gasteiger partial charge on any atom is 0.365 e. The zero-order chi connectivity index (χ0) is 26.0. The van der Waals surface area contributed by atoms with Crippen LogP contribution in [0.3, 0.4) is 0 Å². The number of benzene rings is 1. The van der Waals surface area contributed by atoms with Crippen LogP contribution >= 0.6 is 0 Å². The maximum atomic E-state index is 13.2. The standard InChI is InChI=1S/C25H29N5O6/c1-25(24(33)28-21(27)6-8-26)12-16(10-17(13-25)36-19-7-9-29(2)23(19)32)35-15-4-5-18-20(11-15)34-14-30(3)22(18)31/h4-6,8,10-12,19H,7,9,13-14,26H2,1-3H3,(H2,27,28,33)/p+2. The summed E-state index contributed by atoms with van der Waals surface area (Å²) in [5, 5.41) is 7.18. The van der Waals surface area contributed by atoms with Crippen LogP contribution < -0.4 is 25.9 Å². The van der Waals surface area contributed by atoms with Gasteiger partial charge >= 0.3 is 11.7 Å². The number of carbonyl (C=O) groups is 3. The first kappa shape index (κ1) is 25.0. The summed E-state index contributed by atoms with van der Waals surface area (Å²) in [5.74, 6) is 1.32. The molecule has 1 fully saturated rings. The van der Waals surface area contributed by atoms with Crippen molar-refractivity contribution in [1.29, 1.82) is 0 Å². The van der Waals surface area contributed by atoms with Gasteiger partial charge in [0.25, 0.3) is 11.8 Å². The molecule has 2 heterocycles. The highest BCUT2D eigenvalue weighted by Gasteiger charge is 2.42. The van der Waals surface area contributed by atoms with E-state index >= 15 is 0 Å². The van der Waals surface area contributed by atoms with Crippen LogP contribution in [0.25, 0.3) is 0 Å². The van der Waals surface area contributed by atoms with Gasteiger partial charge in [0.05, 0.1) is 11.6 Å². The Balaban J connectivity index is 1.61. The Morgan fingerprint density at radius 3 is 2.78 bits per heavy atom. The lowest BCUT2D eigenvalue weighted by Gasteiger charge is -2.29. The van der Waals surface area contributed by atoms with Crippen molar-refractivity contribution in [3.63, 3.8) is 0 Å². The SMILES string of the molecule is CN1COc2cc(OC3=CC(C)(C(=O)[NH2+]C(=[NH2+])C=CN)CC(OC4CCN(C)C4=O)=C3)ccc2C1=O. The van der Waals surface area contributed by atoms with E-state index in [2.05, 4.69) is 0 Å². The number of hydrogen-bond acceptors (Lipinski definition) is 7. The van der Waals surface area contributed by atoms with Crippen LogP contribution in [0.5, 0.6) is 11.5 Å². The molecule has 6 N–H and O–H groups in total. The molecule has 0 saturated carbocycles. The average Bonchev–Trinajstić information content (AvgIpc) is 3.13. The Hall–Kier alpha value is -4.12. The number of nitrogens with zero attached hydrogens (tertiary/aromatic N) is 2. The molecule has 1 saturated heterocycles. The molecular weight excluding hydrogens is 466 g/mol. The molecule has 11 heteroatoms. The smallest absolute Gasteiger partial charge is 0.365 e. The van der Waals surface area contributed by atoms with Crippen LogP contribution in [0.4, 0.5) is 0 Å². The number of likely N-dealkylation sites (tertiary alicyclic amines) is 1. The van der Waals surface area contributed by atoms with Crippen molar-refractivity contribution >= 4 is 23.6 Å². The van der Waals surface area contributed by atoms with Gasteiger partial charge < -0.3 is 29.7 Å². The molecule has 0 radical (unpaired) electrons. The zero-order valence-electron chi connectivity index (χ0n) is 20.5. The molecule has 2 atom stereocenters. The van der Waals surface area contributed by atoms with Gasteiger partial charge in [0.2, 0.25) is 0 Å². The third kappa shape index (κ3) is 5.10. The van der Waals surface area contributed by atoms with Crippen LogP contribution in [0.2, 0.25) is 0 Å². The van der Waals surface area contributed by atoms with E-state index in [1.807, 2.05) is 0 Å². The topological polar surface area (TPSA) is 154 Å². The number of quaternary nitrogens is 1. The monoisotopic (exact) mass is 497 g/mol. The molecule has 2 unspecified atom stereocenters. The molecule has 190 valence electrons. The number of hydrogen-bond donors (Lipinski definition) is 3. The first-order chi connectivity index (χ1) is 17.1.